The average Bonchev–Trinajstić information content (AvgIpc) is 2.94. The van der Waals surface area contributed by atoms with Gasteiger partial charge in [0, 0.05) is 5.39 Å². The Labute approximate surface area is 127 Å². The van der Waals surface area contributed by atoms with Crippen molar-refractivity contribution in [2.75, 3.05) is 6.61 Å². The third-order valence-corrected chi connectivity index (χ3v) is 3.32. The van der Waals surface area contributed by atoms with E-state index >= 15 is 0 Å². The zero-order valence-electron chi connectivity index (χ0n) is 12.0. The molecule has 0 bridgehead atoms. The molecular formula is C17H13N3O2. The Morgan fingerprint density at radius 2 is 1.95 bits per heavy atom. The van der Waals surface area contributed by atoms with Crippen LogP contribution in [0.3, 0.4) is 0 Å². The molecule has 0 spiro atoms. The van der Waals surface area contributed by atoms with Gasteiger partial charge in [0.15, 0.2) is 5.69 Å². The quantitative estimate of drug-likeness (QED) is 0.695. The molecule has 0 saturated heterocycles. The van der Waals surface area contributed by atoms with Crippen LogP contribution in [-0.4, -0.2) is 22.4 Å². The lowest BCUT2D eigenvalue weighted by atomic mass is 10.2. The molecule has 0 radical (unpaired) electrons. The molecule has 2 aromatic carbocycles. The molecule has 0 aliphatic heterocycles. The molecule has 5 nitrogen and oxygen atoms in total. The molecule has 108 valence electrons. The standard InChI is InChI=1S/C17H13N3O2/c1-2-22-17(21)12-7-9-13(10-8-12)20-16-6-4-3-5-14(16)15(11-18)19-20/h3-10H,2H2,1H3. The van der Waals surface area contributed by atoms with Crippen molar-refractivity contribution in [3.8, 4) is 11.8 Å². The highest BCUT2D eigenvalue weighted by atomic mass is 16.5. The zero-order valence-corrected chi connectivity index (χ0v) is 12.0. The second-order valence-corrected chi connectivity index (χ2v) is 4.66. The zero-order chi connectivity index (χ0) is 15.5. The van der Waals surface area contributed by atoms with E-state index in [0.717, 1.165) is 16.6 Å². The number of fused-ring (bicyclic) bond motifs is 1. The molecule has 0 fully saturated rings. The molecule has 0 aliphatic carbocycles. The fraction of sp³-hybridized carbons (Fsp3) is 0.118. The second kappa shape index (κ2) is 5.70. The summed E-state index contributed by atoms with van der Waals surface area (Å²) < 4.78 is 6.66. The third-order valence-electron chi connectivity index (χ3n) is 3.32. The Morgan fingerprint density at radius 3 is 2.64 bits per heavy atom. The summed E-state index contributed by atoms with van der Waals surface area (Å²) in [6.07, 6.45) is 0. The number of carbonyl (C=O) groups excluding carboxylic acids is 1. The molecule has 3 aromatic rings. The SMILES string of the molecule is CCOC(=O)c1ccc(-n2nc(C#N)c3ccccc32)cc1. The van der Waals surface area contributed by atoms with Gasteiger partial charge in [0.05, 0.1) is 23.4 Å². The Hall–Kier alpha value is -3.13. The maximum atomic E-state index is 11.7. The van der Waals surface area contributed by atoms with Crippen LogP contribution < -0.4 is 0 Å². The van der Waals surface area contributed by atoms with Crippen LogP contribution in [0.25, 0.3) is 16.6 Å². The van der Waals surface area contributed by atoms with Crippen molar-refractivity contribution in [3.05, 3.63) is 59.8 Å². The van der Waals surface area contributed by atoms with E-state index in [2.05, 4.69) is 11.2 Å². The molecule has 0 aliphatic rings. The third kappa shape index (κ3) is 2.31. The molecule has 0 unspecified atom stereocenters. The number of carbonyl (C=O) groups is 1. The maximum Gasteiger partial charge on any atom is 0.338 e. The topological polar surface area (TPSA) is 67.9 Å². The molecule has 0 saturated carbocycles. The molecule has 0 amide bonds. The highest BCUT2D eigenvalue weighted by molar-refractivity contribution is 5.90. The Morgan fingerprint density at radius 1 is 1.23 bits per heavy atom. The number of hydrogen-bond donors (Lipinski definition) is 0. The van der Waals surface area contributed by atoms with E-state index in [1.807, 2.05) is 24.3 Å². The van der Waals surface area contributed by atoms with Gasteiger partial charge in [0.2, 0.25) is 0 Å². The van der Waals surface area contributed by atoms with Crippen molar-refractivity contribution in [2.24, 2.45) is 0 Å². The molecule has 5 heteroatoms. The van der Waals surface area contributed by atoms with E-state index in [-0.39, 0.29) is 5.97 Å². The van der Waals surface area contributed by atoms with Gasteiger partial charge in [0.25, 0.3) is 0 Å². The molecule has 0 atom stereocenters. The minimum absolute atomic E-state index is 0.343. The first kappa shape index (κ1) is 13.8. The lowest BCUT2D eigenvalue weighted by Gasteiger charge is -2.05. The summed E-state index contributed by atoms with van der Waals surface area (Å²) in [4.78, 5) is 11.7. The number of nitrogens with zero attached hydrogens (tertiary/aromatic N) is 3. The van der Waals surface area contributed by atoms with Crippen LogP contribution in [0.2, 0.25) is 0 Å². The predicted octanol–water partition coefficient (Wildman–Crippen LogP) is 3.07. The van der Waals surface area contributed by atoms with Crippen molar-refractivity contribution in [1.29, 1.82) is 5.26 Å². The van der Waals surface area contributed by atoms with Gasteiger partial charge in [-0.1, -0.05) is 12.1 Å². The van der Waals surface area contributed by atoms with E-state index in [9.17, 15) is 10.1 Å². The maximum absolute atomic E-state index is 11.7. The first-order chi connectivity index (χ1) is 10.7. The van der Waals surface area contributed by atoms with Gasteiger partial charge in [-0.25, -0.2) is 9.48 Å². The van der Waals surface area contributed by atoms with Crippen LogP contribution >= 0.6 is 0 Å². The van der Waals surface area contributed by atoms with Crippen molar-refractivity contribution < 1.29 is 9.53 Å². The number of ether oxygens (including phenoxy) is 1. The number of rotatable bonds is 3. The summed E-state index contributed by atoms with van der Waals surface area (Å²) in [5.41, 5.74) is 2.50. The van der Waals surface area contributed by atoms with Crippen molar-refractivity contribution in [1.82, 2.24) is 9.78 Å². The van der Waals surface area contributed by atoms with Crippen LogP contribution in [-0.2, 0) is 4.74 Å². The molecule has 1 heterocycles. The minimum Gasteiger partial charge on any atom is -0.462 e. The Bertz CT molecular complexity index is 873. The van der Waals surface area contributed by atoms with Gasteiger partial charge in [0.1, 0.15) is 6.07 Å². The molecule has 22 heavy (non-hydrogen) atoms. The summed E-state index contributed by atoms with van der Waals surface area (Å²) in [5, 5.41) is 14.3. The molecule has 1 aromatic heterocycles. The first-order valence-corrected chi connectivity index (χ1v) is 6.90. The second-order valence-electron chi connectivity index (χ2n) is 4.66. The van der Waals surface area contributed by atoms with E-state index in [4.69, 9.17) is 4.74 Å². The van der Waals surface area contributed by atoms with Gasteiger partial charge in [-0.15, -0.1) is 0 Å². The average molecular weight is 291 g/mol. The van der Waals surface area contributed by atoms with E-state index in [1.165, 1.54) is 0 Å². The first-order valence-electron chi connectivity index (χ1n) is 6.90. The minimum atomic E-state index is -0.350. The lowest BCUT2D eigenvalue weighted by molar-refractivity contribution is 0.0526. The highest BCUT2D eigenvalue weighted by Gasteiger charge is 2.12. The van der Waals surface area contributed by atoms with Crippen molar-refractivity contribution in [3.63, 3.8) is 0 Å². The van der Waals surface area contributed by atoms with Gasteiger partial charge in [-0.2, -0.15) is 10.4 Å². The number of hydrogen-bond acceptors (Lipinski definition) is 4. The number of esters is 1. The van der Waals surface area contributed by atoms with E-state index in [1.54, 1.807) is 35.9 Å². The molecule has 0 N–H and O–H groups in total. The van der Waals surface area contributed by atoms with Crippen LogP contribution in [0.1, 0.15) is 23.0 Å². The molecule has 3 rings (SSSR count). The lowest BCUT2D eigenvalue weighted by Crippen LogP contribution is -2.05. The summed E-state index contributed by atoms with van der Waals surface area (Å²) in [6, 6.07) is 16.6. The van der Waals surface area contributed by atoms with Crippen LogP contribution in [0, 0.1) is 11.3 Å². The normalized spacial score (nSPS) is 10.4. The highest BCUT2D eigenvalue weighted by Crippen LogP contribution is 2.21. The monoisotopic (exact) mass is 291 g/mol. The van der Waals surface area contributed by atoms with Crippen LogP contribution in [0.4, 0.5) is 0 Å². The van der Waals surface area contributed by atoms with Gasteiger partial charge in [-0.05, 0) is 43.3 Å². The number of para-hydroxylation sites is 1. The summed E-state index contributed by atoms with van der Waals surface area (Å²) in [7, 11) is 0. The Kier molecular flexibility index (Phi) is 3.58. The number of benzene rings is 2. The van der Waals surface area contributed by atoms with Gasteiger partial charge in [-0.3, -0.25) is 0 Å². The van der Waals surface area contributed by atoms with Gasteiger partial charge >= 0.3 is 5.97 Å². The van der Waals surface area contributed by atoms with Gasteiger partial charge < -0.3 is 4.74 Å². The van der Waals surface area contributed by atoms with Crippen LogP contribution in [0.5, 0.6) is 0 Å². The van der Waals surface area contributed by atoms with Crippen LogP contribution in [0.15, 0.2) is 48.5 Å². The summed E-state index contributed by atoms with van der Waals surface area (Å²) in [6.45, 7) is 2.11. The smallest absolute Gasteiger partial charge is 0.338 e. The fourth-order valence-corrected chi connectivity index (χ4v) is 2.30. The summed E-state index contributed by atoms with van der Waals surface area (Å²) in [5.74, 6) is -0.350. The van der Waals surface area contributed by atoms with E-state index < -0.39 is 0 Å². The Balaban J connectivity index is 2.05. The summed E-state index contributed by atoms with van der Waals surface area (Å²) >= 11 is 0. The predicted molar refractivity (Wildman–Crippen MR) is 81.7 cm³/mol. The molecular weight excluding hydrogens is 278 g/mol. The van der Waals surface area contributed by atoms with Crippen molar-refractivity contribution in [2.45, 2.75) is 6.92 Å². The number of nitriles is 1. The van der Waals surface area contributed by atoms with E-state index in [0.29, 0.717) is 17.9 Å². The number of aromatic nitrogens is 2. The van der Waals surface area contributed by atoms with Crippen molar-refractivity contribution >= 4 is 16.9 Å². The largest absolute Gasteiger partial charge is 0.462 e. The fourth-order valence-electron chi connectivity index (χ4n) is 2.30.